The van der Waals surface area contributed by atoms with Crippen LogP contribution < -0.4 is 4.74 Å². The number of ether oxygens (including phenoxy) is 2. The summed E-state index contributed by atoms with van der Waals surface area (Å²) in [6, 6.07) is 4.47. The van der Waals surface area contributed by atoms with Crippen molar-refractivity contribution < 1.29 is 18.3 Å². The molecule has 1 aromatic carbocycles. The third-order valence-electron chi connectivity index (χ3n) is 5.20. The summed E-state index contributed by atoms with van der Waals surface area (Å²) in [5.41, 5.74) is 1.52. The average molecular weight is 363 g/mol. The Balaban J connectivity index is 1.72. The van der Waals surface area contributed by atoms with Crippen LogP contribution in [0.3, 0.4) is 0 Å². The topological polar surface area (TPSA) is 39.5 Å². The normalized spacial score (nSPS) is 19.1. The molecule has 0 radical (unpaired) electrons. The first kappa shape index (κ1) is 17.4. The van der Waals surface area contributed by atoms with Gasteiger partial charge in [0, 0.05) is 56.8 Å². The van der Waals surface area contributed by atoms with Crippen molar-refractivity contribution in [2.75, 3.05) is 26.4 Å². The molecule has 5 nitrogen and oxygen atoms in total. The summed E-state index contributed by atoms with van der Waals surface area (Å²) in [6.07, 6.45) is 2.88. The van der Waals surface area contributed by atoms with Crippen molar-refractivity contribution in [1.29, 1.82) is 0 Å². The molecule has 0 unspecified atom stereocenters. The maximum absolute atomic E-state index is 13.9. The number of hydrogen-bond donors (Lipinski definition) is 0. The fraction of sp³-hybridized carbons (Fsp3) is 0.526. The van der Waals surface area contributed by atoms with Gasteiger partial charge in [0.15, 0.2) is 0 Å². The molecule has 0 bridgehead atoms. The Morgan fingerprint density at radius 3 is 2.69 bits per heavy atom. The highest BCUT2D eigenvalue weighted by Crippen LogP contribution is 2.49. The molecule has 26 heavy (non-hydrogen) atoms. The zero-order valence-corrected chi connectivity index (χ0v) is 15.0. The largest absolute Gasteiger partial charge is 0.482 e. The van der Waals surface area contributed by atoms with Gasteiger partial charge in [-0.15, -0.1) is 0 Å². The SMILES string of the molecule is CCOCN1CCC2(CC1)Oc1ccccc1-c1nn(C(C)(F)F)cc12. The molecular weight excluding hydrogens is 340 g/mol. The standard InChI is InChI=1S/C19H23F2N3O2/c1-3-25-13-23-10-8-19(9-11-23)15-12-24(18(2,20)21)22-17(15)14-6-4-5-7-16(14)26-19/h4-7,12H,3,8-11,13H2,1-2H3. The van der Waals surface area contributed by atoms with Crippen molar-refractivity contribution >= 4 is 0 Å². The second-order valence-corrected chi connectivity index (χ2v) is 7.01. The van der Waals surface area contributed by atoms with Crippen molar-refractivity contribution in [1.82, 2.24) is 14.7 Å². The van der Waals surface area contributed by atoms with Gasteiger partial charge in [-0.05, 0) is 19.1 Å². The summed E-state index contributed by atoms with van der Waals surface area (Å²) >= 11 is 0. The number of rotatable bonds is 4. The van der Waals surface area contributed by atoms with Gasteiger partial charge in [0.05, 0.1) is 6.73 Å². The number of alkyl halides is 2. The highest BCUT2D eigenvalue weighted by Gasteiger charge is 2.46. The van der Waals surface area contributed by atoms with Crippen LogP contribution in [0.2, 0.25) is 0 Å². The number of piperidine rings is 1. The number of benzene rings is 1. The summed E-state index contributed by atoms with van der Waals surface area (Å²) in [4.78, 5) is 2.22. The van der Waals surface area contributed by atoms with Crippen LogP contribution in [-0.2, 0) is 16.4 Å². The van der Waals surface area contributed by atoms with Crippen molar-refractivity contribution in [3.05, 3.63) is 36.0 Å². The number of fused-ring (bicyclic) bond motifs is 4. The fourth-order valence-corrected chi connectivity index (χ4v) is 3.76. The third-order valence-corrected chi connectivity index (χ3v) is 5.20. The Kier molecular flexibility index (Phi) is 4.23. The summed E-state index contributed by atoms with van der Waals surface area (Å²) in [5, 5.41) is 4.23. The van der Waals surface area contributed by atoms with Gasteiger partial charge in [0.1, 0.15) is 17.0 Å². The maximum atomic E-state index is 13.9. The highest BCUT2D eigenvalue weighted by molar-refractivity contribution is 5.73. The molecule has 0 saturated carbocycles. The van der Waals surface area contributed by atoms with Crippen molar-refractivity contribution in [2.24, 2.45) is 0 Å². The van der Waals surface area contributed by atoms with Gasteiger partial charge in [0.2, 0.25) is 0 Å². The van der Waals surface area contributed by atoms with E-state index in [1.54, 1.807) is 0 Å². The summed E-state index contributed by atoms with van der Waals surface area (Å²) < 4.78 is 40.5. The van der Waals surface area contributed by atoms with Gasteiger partial charge in [-0.1, -0.05) is 12.1 Å². The minimum Gasteiger partial charge on any atom is -0.482 e. The molecule has 1 spiro atoms. The van der Waals surface area contributed by atoms with E-state index in [0.29, 0.717) is 37.6 Å². The first-order valence-corrected chi connectivity index (χ1v) is 9.00. The van der Waals surface area contributed by atoms with Gasteiger partial charge in [-0.2, -0.15) is 13.9 Å². The lowest BCUT2D eigenvalue weighted by molar-refractivity contribution is -0.0728. The highest BCUT2D eigenvalue weighted by atomic mass is 19.3. The molecule has 1 aromatic heterocycles. The zero-order valence-electron chi connectivity index (χ0n) is 15.0. The second kappa shape index (κ2) is 6.32. The molecule has 2 aliphatic rings. The quantitative estimate of drug-likeness (QED) is 0.828. The summed E-state index contributed by atoms with van der Waals surface area (Å²) in [7, 11) is 0. The molecule has 0 amide bonds. The third kappa shape index (κ3) is 2.89. The first-order valence-electron chi connectivity index (χ1n) is 9.00. The molecule has 3 heterocycles. The summed E-state index contributed by atoms with van der Waals surface area (Å²) in [5.74, 6) is 0.711. The number of halogens is 2. The van der Waals surface area contributed by atoms with Crippen LogP contribution in [0.25, 0.3) is 11.3 Å². The van der Waals surface area contributed by atoms with Gasteiger partial charge in [-0.3, -0.25) is 4.90 Å². The van der Waals surface area contributed by atoms with Crippen LogP contribution in [0, 0.1) is 0 Å². The molecule has 7 heteroatoms. The Morgan fingerprint density at radius 2 is 2.00 bits per heavy atom. The smallest absolute Gasteiger partial charge is 0.340 e. The van der Waals surface area contributed by atoms with E-state index in [1.807, 2.05) is 31.2 Å². The molecule has 4 rings (SSSR count). The molecule has 0 N–H and O–H groups in total. The number of aromatic nitrogens is 2. The predicted molar refractivity (Wildman–Crippen MR) is 93.1 cm³/mol. The van der Waals surface area contributed by atoms with Crippen LogP contribution in [0.5, 0.6) is 5.75 Å². The average Bonchev–Trinajstić information content (AvgIpc) is 3.09. The molecule has 0 aliphatic carbocycles. The molecule has 140 valence electrons. The van der Waals surface area contributed by atoms with Crippen LogP contribution in [0.1, 0.15) is 32.3 Å². The van der Waals surface area contributed by atoms with Crippen molar-refractivity contribution in [3.8, 4) is 17.0 Å². The second-order valence-electron chi connectivity index (χ2n) is 7.01. The van der Waals surface area contributed by atoms with E-state index in [9.17, 15) is 8.78 Å². The van der Waals surface area contributed by atoms with Crippen LogP contribution in [-0.4, -0.2) is 41.1 Å². The lowest BCUT2D eigenvalue weighted by atomic mass is 9.81. The number of hydrogen-bond acceptors (Lipinski definition) is 4. The minimum atomic E-state index is -3.05. The van der Waals surface area contributed by atoms with E-state index in [-0.39, 0.29) is 0 Å². The van der Waals surface area contributed by atoms with Crippen LogP contribution >= 0.6 is 0 Å². The number of likely N-dealkylation sites (tertiary alicyclic amines) is 1. The van der Waals surface area contributed by atoms with Gasteiger partial charge < -0.3 is 9.47 Å². The predicted octanol–water partition coefficient (Wildman–Crippen LogP) is 3.80. The van der Waals surface area contributed by atoms with E-state index >= 15 is 0 Å². The van der Waals surface area contributed by atoms with E-state index < -0.39 is 11.6 Å². The molecule has 2 aromatic rings. The Morgan fingerprint density at radius 1 is 1.27 bits per heavy atom. The summed E-state index contributed by atoms with van der Waals surface area (Å²) in [6.45, 7) is 5.66. The maximum Gasteiger partial charge on any atom is 0.340 e. The van der Waals surface area contributed by atoms with Gasteiger partial charge >= 0.3 is 6.05 Å². The van der Waals surface area contributed by atoms with Gasteiger partial charge in [0.25, 0.3) is 0 Å². The van der Waals surface area contributed by atoms with Crippen LogP contribution in [0.15, 0.2) is 30.5 Å². The lowest BCUT2D eigenvalue weighted by Crippen LogP contribution is -2.47. The fourth-order valence-electron chi connectivity index (χ4n) is 3.76. The number of nitrogens with zero attached hydrogens (tertiary/aromatic N) is 3. The van der Waals surface area contributed by atoms with E-state index in [0.717, 1.165) is 35.8 Å². The van der Waals surface area contributed by atoms with Gasteiger partial charge in [-0.25, -0.2) is 4.68 Å². The first-order chi connectivity index (χ1) is 12.4. The zero-order chi connectivity index (χ0) is 18.4. The molecular formula is C19H23F2N3O2. The molecule has 1 saturated heterocycles. The monoisotopic (exact) mass is 363 g/mol. The van der Waals surface area contributed by atoms with Crippen molar-refractivity contribution in [3.63, 3.8) is 0 Å². The van der Waals surface area contributed by atoms with E-state index in [1.165, 1.54) is 6.20 Å². The lowest BCUT2D eigenvalue weighted by Gasteiger charge is -2.44. The molecule has 2 aliphatic heterocycles. The van der Waals surface area contributed by atoms with E-state index in [2.05, 4.69) is 10.00 Å². The molecule has 1 fully saturated rings. The van der Waals surface area contributed by atoms with Crippen molar-refractivity contribution in [2.45, 2.75) is 38.3 Å². The minimum absolute atomic E-state index is 0.586. The number of para-hydroxylation sites is 1. The molecule has 0 atom stereocenters. The van der Waals surface area contributed by atoms with Crippen LogP contribution in [0.4, 0.5) is 8.78 Å². The van der Waals surface area contributed by atoms with E-state index in [4.69, 9.17) is 9.47 Å². The Bertz CT molecular complexity index is 792. The Labute approximate surface area is 151 Å². The Hall–Kier alpha value is -1.99.